The molecule has 0 spiro atoms. The summed E-state index contributed by atoms with van der Waals surface area (Å²) < 4.78 is 4.71. The molecular formula is C5H8N4OS. The first-order valence-electron chi connectivity index (χ1n) is 3.01. The molecular weight excluding hydrogens is 164 g/mol. The molecule has 0 aliphatic rings. The number of aryl methyl sites for hydroxylation is 1. The van der Waals surface area contributed by atoms with E-state index in [4.69, 9.17) is 10.3 Å². The maximum atomic E-state index is 5.18. The van der Waals surface area contributed by atoms with Crippen LogP contribution in [-0.4, -0.2) is 15.3 Å². The van der Waals surface area contributed by atoms with E-state index in [2.05, 4.69) is 27.7 Å². The van der Waals surface area contributed by atoms with Crippen molar-refractivity contribution in [1.82, 2.24) is 15.5 Å². The number of aromatic nitrogens is 2. The third-order valence-corrected chi connectivity index (χ3v) is 1.13. The van der Waals surface area contributed by atoms with Crippen molar-refractivity contribution in [3.8, 4) is 0 Å². The number of hydrogen-bond acceptors (Lipinski definition) is 4. The highest BCUT2D eigenvalue weighted by Crippen LogP contribution is 1.92. The molecule has 3 N–H and O–H groups in total. The van der Waals surface area contributed by atoms with E-state index in [0.29, 0.717) is 18.3 Å². The van der Waals surface area contributed by atoms with Gasteiger partial charge < -0.3 is 15.6 Å². The minimum absolute atomic E-state index is 0.229. The maximum Gasteiger partial charge on any atom is 0.223 e. The van der Waals surface area contributed by atoms with Crippen molar-refractivity contribution in [2.45, 2.75) is 13.5 Å². The van der Waals surface area contributed by atoms with E-state index < -0.39 is 0 Å². The second-order valence-electron chi connectivity index (χ2n) is 1.95. The molecule has 0 radical (unpaired) electrons. The van der Waals surface area contributed by atoms with Gasteiger partial charge in [-0.25, -0.2) is 0 Å². The van der Waals surface area contributed by atoms with E-state index in [1.165, 1.54) is 0 Å². The number of nitrogens with one attached hydrogen (secondary N) is 1. The van der Waals surface area contributed by atoms with E-state index in [9.17, 15) is 0 Å². The van der Waals surface area contributed by atoms with E-state index in [1.807, 2.05) is 0 Å². The van der Waals surface area contributed by atoms with Crippen molar-refractivity contribution in [3.05, 3.63) is 11.7 Å². The van der Waals surface area contributed by atoms with Gasteiger partial charge in [-0.2, -0.15) is 4.98 Å². The number of nitrogens with two attached hydrogens (primary N) is 1. The van der Waals surface area contributed by atoms with Crippen LogP contribution in [0.15, 0.2) is 4.52 Å². The van der Waals surface area contributed by atoms with Gasteiger partial charge in [0.2, 0.25) is 5.89 Å². The summed E-state index contributed by atoms with van der Waals surface area (Å²) in [7, 11) is 0. The smallest absolute Gasteiger partial charge is 0.223 e. The maximum absolute atomic E-state index is 5.18. The largest absolute Gasteiger partial charge is 0.376 e. The van der Waals surface area contributed by atoms with E-state index in [1.54, 1.807) is 6.92 Å². The number of nitrogens with zero attached hydrogens (tertiary/aromatic N) is 2. The zero-order chi connectivity index (χ0) is 8.27. The molecule has 1 heterocycles. The standard InChI is InChI=1S/C5H8N4OS/c1-3-8-4(9-10-3)2-7-5(6)11/h2H2,1H3,(H3,6,7,11). The summed E-state index contributed by atoms with van der Waals surface area (Å²) in [5, 5.41) is 6.55. The molecule has 0 aliphatic carbocycles. The van der Waals surface area contributed by atoms with E-state index >= 15 is 0 Å². The van der Waals surface area contributed by atoms with Crippen LogP contribution in [0.2, 0.25) is 0 Å². The Morgan fingerprint density at radius 2 is 2.55 bits per heavy atom. The van der Waals surface area contributed by atoms with E-state index in [0.717, 1.165) is 0 Å². The monoisotopic (exact) mass is 172 g/mol. The van der Waals surface area contributed by atoms with Crippen molar-refractivity contribution < 1.29 is 4.52 Å². The first kappa shape index (κ1) is 7.93. The molecule has 1 rings (SSSR count). The first-order chi connectivity index (χ1) is 5.18. The zero-order valence-electron chi connectivity index (χ0n) is 6.00. The summed E-state index contributed by atoms with van der Waals surface area (Å²) in [6.07, 6.45) is 0. The van der Waals surface area contributed by atoms with Gasteiger partial charge in [-0.05, 0) is 12.2 Å². The summed E-state index contributed by atoms with van der Waals surface area (Å²) >= 11 is 4.58. The van der Waals surface area contributed by atoms with Crippen LogP contribution in [0.4, 0.5) is 0 Å². The molecule has 0 unspecified atom stereocenters. The normalized spacial score (nSPS) is 9.55. The van der Waals surface area contributed by atoms with Gasteiger partial charge in [0.05, 0.1) is 6.54 Å². The van der Waals surface area contributed by atoms with Gasteiger partial charge in [-0.3, -0.25) is 0 Å². The van der Waals surface area contributed by atoms with Crippen molar-refractivity contribution in [2.75, 3.05) is 0 Å². The van der Waals surface area contributed by atoms with Crippen molar-refractivity contribution >= 4 is 17.3 Å². The van der Waals surface area contributed by atoms with Crippen LogP contribution in [0.25, 0.3) is 0 Å². The number of hydrogen-bond donors (Lipinski definition) is 2. The Bertz CT molecular complexity index is 259. The lowest BCUT2D eigenvalue weighted by molar-refractivity contribution is 0.387. The number of thiocarbonyl (C=S) groups is 1. The third kappa shape index (κ3) is 2.50. The molecule has 0 fully saturated rings. The van der Waals surface area contributed by atoms with Crippen LogP contribution in [0.5, 0.6) is 0 Å². The highest BCUT2D eigenvalue weighted by molar-refractivity contribution is 7.80. The van der Waals surface area contributed by atoms with E-state index in [-0.39, 0.29) is 5.11 Å². The Morgan fingerprint density at radius 3 is 3.00 bits per heavy atom. The average Bonchev–Trinajstić information content (AvgIpc) is 2.31. The highest BCUT2D eigenvalue weighted by Gasteiger charge is 2.00. The summed E-state index contributed by atoms with van der Waals surface area (Å²) in [5.41, 5.74) is 5.18. The van der Waals surface area contributed by atoms with Gasteiger partial charge in [0.15, 0.2) is 10.9 Å². The SMILES string of the molecule is Cc1nc(CNC(N)=S)no1. The quantitative estimate of drug-likeness (QED) is 0.597. The second kappa shape index (κ2) is 3.29. The van der Waals surface area contributed by atoms with Crippen molar-refractivity contribution in [1.29, 1.82) is 0 Å². The topological polar surface area (TPSA) is 77.0 Å². The van der Waals surface area contributed by atoms with Crippen LogP contribution in [0.1, 0.15) is 11.7 Å². The fraction of sp³-hybridized carbons (Fsp3) is 0.400. The Kier molecular flexibility index (Phi) is 2.37. The van der Waals surface area contributed by atoms with Gasteiger partial charge in [0, 0.05) is 6.92 Å². The van der Waals surface area contributed by atoms with Gasteiger partial charge in [-0.1, -0.05) is 5.16 Å². The molecule has 11 heavy (non-hydrogen) atoms. The molecule has 0 amide bonds. The van der Waals surface area contributed by atoms with Gasteiger partial charge >= 0.3 is 0 Å². The Labute approximate surface area is 69.0 Å². The zero-order valence-corrected chi connectivity index (χ0v) is 6.81. The fourth-order valence-electron chi connectivity index (χ4n) is 0.579. The van der Waals surface area contributed by atoms with Gasteiger partial charge in [0.25, 0.3) is 0 Å². The molecule has 0 saturated heterocycles. The lowest BCUT2D eigenvalue weighted by atomic mass is 10.6. The highest BCUT2D eigenvalue weighted by atomic mass is 32.1. The molecule has 5 nitrogen and oxygen atoms in total. The lowest BCUT2D eigenvalue weighted by Gasteiger charge is -1.96. The van der Waals surface area contributed by atoms with Crippen molar-refractivity contribution in [2.24, 2.45) is 5.73 Å². The second-order valence-corrected chi connectivity index (χ2v) is 2.39. The first-order valence-corrected chi connectivity index (χ1v) is 3.42. The van der Waals surface area contributed by atoms with Crippen LogP contribution in [0, 0.1) is 6.92 Å². The summed E-state index contributed by atoms with van der Waals surface area (Å²) in [6, 6.07) is 0. The molecule has 0 saturated carbocycles. The van der Waals surface area contributed by atoms with Crippen LogP contribution in [-0.2, 0) is 6.54 Å². The van der Waals surface area contributed by atoms with Gasteiger partial charge in [-0.15, -0.1) is 0 Å². The predicted molar refractivity (Wildman–Crippen MR) is 42.7 cm³/mol. The third-order valence-electron chi connectivity index (χ3n) is 0.990. The van der Waals surface area contributed by atoms with Crippen LogP contribution >= 0.6 is 12.2 Å². The van der Waals surface area contributed by atoms with Crippen molar-refractivity contribution in [3.63, 3.8) is 0 Å². The molecule has 0 atom stereocenters. The number of rotatable bonds is 2. The summed E-state index contributed by atoms with van der Waals surface area (Å²) in [6.45, 7) is 2.13. The molecule has 0 aromatic carbocycles. The molecule has 60 valence electrons. The molecule has 1 aromatic rings. The van der Waals surface area contributed by atoms with Crippen LogP contribution < -0.4 is 11.1 Å². The molecule has 0 bridgehead atoms. The Hall–Kier alpha value is -1.17. The fourth-order valence-corrected chi connectivity index (χ4v) is 0.651. The summed E-state index contributed by atoms with van der Waals surface area (Å²) in [4.78, 5) is 3.93. The molecule has 6 heteroatoms. The Balaban J connectivity index is 2.45. The minimum atomic E-state index is 0.229. The minimum Gasteiger partial charge on any atom is -0.376 e. The Morgan fingerprint density at radius 1 is 1.82 bits per heavy atom. The molecule has 1 aromatic heterocycles. The van der Waals surface area contributed by atoms with Crippen LogP contribution in [0.3, 0.4) is 0 Å². The average molecular weight is 172 g/mol. The lowest BCUT2D eigenvalue weighted by Crippen LogP contribution is -2.28. The molecule has 0 aliphatic heterocycles. The van der Waals surface area contributed by atoms with Gasteiger partial charge in [0.1, 0.15) is 0 Å². The predicted octanol–water partition coefficient (Wildman–Crippen LogP) is -0.289. The summed E-state index contributed by atoms with van der Waals surface area (Å²) in [5.74, 6) is 1.08.